The van der Waals surface area contributed by atoms with E-state index in [1.165, 1.54) is 0 Å². The molecule has 76 valence electrons. The summed E-state index contributed by atoms with van der Waals surface area (Å²) in [5.74, 6) is 0.650. The lowest BCUT2D eigenvalue weighted by Crippen LogP contribution is -2.37. The van der Waals surface area contributed by atoms with Gasteiger partial charge in [0, 0.05) is 6.04 Å². The minimum atomic E-state index is -2.81. The summed E-state index contributed by atoms with van der Waals surface area (Å²) < 4.78 is 23.7. The highest BCUT2D eigenvalue weighted by molar-refractivity contribution is 7.92. The van der Waals surface area contributed by atoms with Gasteiger partial charge in [-0.3, -0.25) is 0 Å². The molecule has 1 saturated heterocycles. The number of hydrogen-bond acceptors (Lipinski definition) is 3. The van der Waals surface area contributed by atoms with Crippen LogP contribution in [0.2, 0.25) is 0 Å². The molecule has 0 aromatic heterocycles. The van der Waals surface area contributed by atoms with Crippen molar-refractivity contribution in [2.45, 2.75) is 37.5 Å². The summed E-state index contributed by atoms with van der Waals surface area (Å²) in [5, 5.41) is 3.28. The van der Waals surface area contributed by atoms with E-state index in [-0.39, 0.29) is 17.2 Å². The van der Waals surface area contributed by atoms with E-state index in [0.717, 1.165) is 25.8 Å². The maximum atomic E-state index is 11.9. The third-order valence-corrected chi connectivity index (χ3v) is 5.68. The summed E-state index contributed by atoms with van der Waals surface area (Å²) in [6, 6.07) is 0.245. The summed E-state index contributed by atoms with van der Waals surface area (Å²) in [6.07, 6.45) is 2.97. The molecule has 0 aromatic rings. The second-order valence-electron chi connectivity index (χ2n) is 4.42. The summed E-state index contributed by atoms with van der Waals surface area (Å²) in [7, 11) is -2.81. The quantitative estimate of drug-likeness (QED) is 0.626. The highest BCUT2D eigenvalue weighted by atomic mass is 32.2. The van der Waals surface area contributed by atoms with Crippen LogP contribution in [-0.2, 0) is 9.84 Å². The van der Waals surface area contributed by atoms with E-state index in [1.54, 1.807) is 0 Å². The molecule has 0 amide bonds. The van der Waals surface area contributed by atoms with Crippen LogP contribution in [0.25, 0.3) is 0 Å². The first-order chi connectivity index (χ1) is 6.09. The van der Waals surface area contributed by atoms with Gasteiger partial charge in [-0.2, -0.15) is 0 Å². The van der Waals surface area contributed by atoms with Gasteiger partial charge in [-0.05, 0) is 25.3 Å². The van der Waals surface area contributed by atoms with Gasteiger partial charge in [-0.15, -0.1) is 0 Å². The number of hydrogen-bond donors (Lipinski definition) is 1. The van der Waals surface area contributed by atoms with E-state index in [1.807, 2.05) is 6.92 Å². The smallest absolute Gasteiger partial charge is 0.155 e. The number of rotatable bonds is 0. The van der Waals surface area contributed by atoms with Crippen LogP contribution >= 0.6 is 0 Å². The van der Waals surface area contributed by atoms with Crippen molar-refractivity contribution in [1.29, 1.82) is 0 Å². The van der Waals surface area contributed by atoms with Crippen molar-refractivity contribution in [1.82, 2.24) is 5.32 Å². The van der Waals surface area contributed by atoms with E-state index in [2.05, 4.69) is 5.32 Å². The predicted octanol–water partition coefficient (Wildman–Crippen LogP) is 0.562. The molecule has 3 unspecified atom stereocenters. The van der Waals surface area contributed by atoms with E-state index in [4.69, 9.17) is 0 Å². The first-order valence-electron chi connectivity index (χ1n) is 5.04. The van der Waals surface area contributed by atoms with Gasteiger partial charge in [0.25, 0.3) is 0 Å². The fraction of sp³-hybridized carbons (Fsp3) is 1.00. The molecule has 1 heterocycles. The number of nitrogens with one attached hydrogen (secondary N) is 1. The predicted molar refractivity (Wildman–Crippen MR) is 52.4 cm³/mol. The van der Waals surface area contributed by atoms with Crippen LogP contribution < -0.4 is 5.32 Å². The van der Waals surface area contributed by atoms with Gasteiger partial charge in [0.15, 0.2) is 9.84 Å². The second kappa shape index (κ2) is 3.24. The Kier molecular flexibility index (Phi) is 2.36. The van der Waals surface area contributed by atoms with E-state index < -0.39 is 9.84 Å². The monoisotopic (exact) mass is 203 g/mol. The van der Waals surface area contributed by atoms with Crippen molar-refractivity contribution < 1.29 is 8.42 Å². The molecule has 1 N–H and O–H groups in total. The maximum Gasteiger partial charge on any atom is 0.155 e. The van der Waals surface area contributed by atoms with Crippen molar-refractivity contribution in [3.63, 3.8) is 0 Å². The van der Waals surface area contributed by atoms with Gasteiger partial charge >= 0.3 is 0 Å². The van der Waals surface area contributed by atoms with E-state index >= 15 is 0 Å². The Morgan fingerprint density at radius 3 is 2.85 bits per heavy atom. The van der Waals surface area contributed by atoms with Gasteiger partial charge in [0.1, 0.15) is 0 Å². The van der Waals surface area contributed by atoms with Crippen LogP contribution in [0, 0.1) is 5.92 Å². The first-order valence-corrected chi connectivity index (χ1v) is 6.76. The average molecular weight is 203 g/mol. The zero-order valence-electron chi connectivity index (χ0n) is 7.99. The molecule has 0 aromatic carbocycles. The molecule has 4 heteroatoms. The Labute approximate surface area is 79.8 Å². The fourth-order valence-electron chi connectivity index (χ4n) is 2.52. The Hall–Kier alpha value is -0.0900. The molecule has 3 atom stereocenters. The molecule has 1 aliphatic heterocycles. The Balaban J connectivity index is 2.25. The Morgan fingerprint density at radius 2 is 2.08 bits per heavy atom. The minimum Gasteiger partial charge on any atom is -0.312 e. The molecule has 2 rings (SSSR count). The SMILES string of the molecule is CC1CNC2CCCC2S(=O)(=O)C1. The molecular formula is C9H17NO2S. The molecule has 0 bridgehead atoms. The van der Waals surface area contributed by atoms with Gasteiger partial charge in [0.2, 0.25) is 0 Å². The molecule has 0 spiro atoms. The highest BCUT2D eigenvalue weighted by Gasteiger charge is 2.39. The van der Waals surface area contributed by atoms with Crippen molar-refractivity contribution in [2.75, 3.05) is 12.3 Å². The Morgan fingerprint density at radius 1 is 1.31 bits per heavy atom. The van der Waals surface area contributed by atoms with Gasteiger partial charge in [-0.25, -0.2) is 8.42 Å². The van der Waals surface area contributed by atoms with Crippen LogP contribution in [0.1, 0.15) is 26.2 Å². The summed E-state index contributed by atoms with van der Waals surface area (Å²) in [5.41, 5.74) is 0. The van der Waals surface area contributed by atoms with Crippen molar-refractivity contribution in [3.8, 4) is 0 Å². The first kappa shape index (κ1) is 9.46. The molecule has 2 fully saturated rings. The fourth-order valence-corrected chi connectivity index (χ4v) is 4.94. The lowest BCUT2D eigenvalue weighted by Gasteiger charge is -2.16. The minimum absolute atomic E-state index is 0.0857. The van der Waals surface area contributed by atoms with Crippen LogP contribution in [-0.4, -0.2) is 32.0 Å². The highest BCUT2D eigenvalue weighted by Crippen LogP contribution is 2.29. The van der Waals surface area contributed by atoms with Crippen molar-refractivity contribution in [2.24, 2.45) is 5.92 Å². The molecular weight excluding hydrogens is 186 g/mol. The van der Waals surface area contributed by atoms with E-state index in [9.17, 15) is 8.42 Å². The standard InChI is InChI=1S/C9H17NO2S/c1-7-5-10-8-3-2-4-9(8)13(11,12)6-7/h7-10H,2-6H2,1H3. The molecule has 3 nitrogen and oxygen atoms in total. The summed E-state index contributed by atoms with van der Waals surface area (Å²) in [4.78, 5) is 0. The van der Waals surface area contributed by atoms with E-state index in [0.29, 0.717) is 5.75 Å². The third kappa shape index (κ3) is 1.74. The maximum absolute atomic E-state index is 11.9. The van der Waals surface area contributed by atoms with Gasteiger partial charge in [0.05, 0.1) is 11.0 Å². The lowest BCUT2D eigenvalue weighted by molar-refractivity contribution is 0.490. The van der Waals surface area contributed by atoms with Crippen LogP contribution in [0.4, 0.5) is 0 Å². The largest absolute Gasteiger partial charge is 0.312 e. The normalized spacial score (nSPS) is 43.9. The molecule has 1 aliphatic carbocycles. The van der Waals surface area contributed by atoms with Gasteiger partial charge < -0.3 is 5.32 Å². The third-order valence-electron chi connectivity index (χ3n) is 3.16. The zero-order chi connectivity index (χ0) is 9.47. The summed E-state index contributed by atoms with van der Waals surface area (Å²) >= 11 is 0. The number of fused-ring (bicyclic) bond motifs is 1. The second-order valence-corrected chi connectivity index (χ2v) is 6.68. The Bertz CT molecular complexity index is 286. The van der Waals surface area contributed by atoms with Crippen LogP contribution in [0.15, 0.2) is 0 Å². The van der Waals surface area contributed by atoms with Crippen molar-refractivity contribution >= 4 is 9.84 Å². The van der Waals surface area contributed by atoms with Crippen LogP contribution in [0.5, 0.6) is 0 Å². The van der Waals surface area contributed by atoms with Crippen molar-refractivity contribution in [3.05, 3.63) is 0 Å². The van der Waals surface area contributed by atoms with Crippen LogP contribution in [0.3, 0.4) is 0 Å². The molecule has 0 radical (unpaired) electrons. The topological polar surface area (TPSA) is 46.2 Å². The van der Waals surface area contributed by atoms with Gasteiger partial charge in [-0.1, -0.05) is 13.3 Å². The average Bonchev–Trinajstić information content (AvgIpc) is 2.44. The zero-order valence-corrected chi connectivity index (χ0v) is 8.81. The summed E-state index contributed by atoms with van der Waals surface area (Å²) in [6.45, 7) is 2.87. The molecule has 13 heavy (non-hydrogen) atoms. The molecule has 1 saturated carbocycles. The molecule has 2 aliphatic rings. The lowest BCUT2D eigenvalue weighted by atomic mass is 10.2. The number of sulfone groups is 1.